The minimum Gasteiger partial charge on any atom is -0.394 e. The third kappa shape index (κ3) is 6.83. The summed E-state index contributed by atoms with van der Waals surface area (Å²) in [4.78, 5) is 39.6. The quantitative estimate of drug-likeness (QED) is 0.148. The molecular weight excluding hydrogens is 767 g/mol. The van der Waals surface area contributed by atoms with Gasteiger partial charge in [-0.05, 0) is 74.7 Å². The van der Waals surface area contributed by atoms with Gasteiger partial charge in [-0.15, -0.1) is 0 Å². The maximum absolute atomic E-state index is 13.0. The molecule has 0 spiro atoms. The molecule has 7 N–H and O–H groups in total. The maximum atomic E-state index is 13.0. The van der Waals surface area contributed by atoms with Gasteiger partial charge in [0.15, 0.2) is 0 Å². The lowest BCUT2D eigenvalue weighted by Gasteiger charge is -2.26. The topological polar surface area (TPSA) is 180 Å². The van der Waals surface area contributed by atoms with Crippen LogP contribution in [-0.4, -0.2) is 94.9 Å². The Hall–Kier alpha value is -0.380. The molecule has 1 atom stereocenters. The summed E-state index contributed by atoms with van der Waals surface area (Å²) >= 11 is 5.50. The molecule has 1 unspecified atom stereocenters. The van der Waals surface area contributed by atoms with E-state index in [2.05, 4.69) is 10.6 Å². The minimum absolute atomic E-state index is 0.0217. The highest BCUT2D eigenvalue weighted by atomic mass is 127. The average Bonchev–Trinajstić information content (AvgIpc) is 2.74. The first-order chi connectivity index (χ1) is 15.0. The molecular formula is C18H24I3N3O8. The molecule has 0 aliphatic heterocycles. The number of hydrogen-bond donors (Lipinski definition) is 7. The highest BCUT2D eigenvalue weighted by molar-refractivity contribution is 14.1. The summed E-state index contributed by atoms with van der Waals surface area (Å²) in [6.07, 6.45) is -1.35. The van der Waals surface area contributed by atoms with Gasteiger partial charge < -0.3 is 41.1 Å². The lowest BCUT2D eigenvalue weighted by atomic mass is 10.1. The first-order valence-electron chi connectivity index (χ1n) is 9.17. The van der Waals surface area contributed by atoms with Crippen LogP contribution in [0, 0.1) is 10.7 Å². The van der Waals surface area contributed by atoms with Crippen molar-refractivity contribution >= 4 is 91.2 Å². The van der Waals surface area contributed by atoms with Crippen LogP contribution in [0.3, 0.4) is 0 Å². The molecule has 14 heteroatoms. The van der Waals surface area contributed by atoms with Crippen LogP contribution in [0.15, 0.2) is 0 Å². The molecule has 11 nitrogen and oxygen atoms in total. The van der Waals surface area contributed by atoms with Crippen molar-refractivity contribution in [3.8, 4) is 0 Å². The third-order valence-electron chi connectivity index (χ3n) is 4.32. The van der Waals surface area contributed by atoms with E-state index in [1.165, 1.54) is 14.0 Å². The van der Waals surface area contributed by atoms with Gasteiger partial charge in [0.05, 0.1) is 62.5 Å². The number of benzene rings is 1. The number of aliphatic hydroxyl groups is 5. The zero-order chi connectivity index (χ0) is 24.7. The zero-order valence-corrected chi connectivity index (χ0v) is 23.6. The van der Waals surface area contributed by atoms with Gasteiger partial charge in [-0.1, -0.05) is 0 Å². The Kier molecular flexibility index (Phi) is 12.5. The number of halogens is 3. The molecule has 0 aliphatic carbocycles. The molecule has 0 aromatic heterocycles. The highest BCUT2D eigenvalue weighted by Gasteiger charge is 2.32. The first kappa shape index (κ1) is 29.7. The second-order valence-electron chi connectivity index (χ2n) is 6.68. The van der Waals surface area contributed by atoms with Gasteiger partial charge in [-0.25, -0.2) is 0 Å². The van der Waals surface area contributed by atoms with E-state index in [9.17, 15) is 39.9 Å². The average molecular weight is 791 g/mol. The summed E-state index contributed by atoms with van der Waals surface area (Å²) in [7, 11) is 1.39. The van der Waals surface area contributed by atoms with Gasteiger partial charge in [0, 0.05) is 10.6 Å². The van der Waals surface area contributed by atoms with Gasteiger partial charge in [-0.3, -0.25) is 14.4 Å². The van der Waals surface area contributed by atoms with E-state index < -0.39 is 62.3 Å². The Bertz CT molecular complexity index is 807. The molecule has 1 rings (SSSR count). The summed E-state index contributed by atoms with van der Waals surface area (Å²) in [5.41, 5.74) is 0.240. The normalized spacial score (nSPS) is 12.1. The molecule has 0 saturated heterocycles. The Labute approximate surface area is 225 Å². The number of aliphatic hydroxyl groups excluding tert-OH is 5. The second-order valence-corrected chi connectivity index (χ2v) is 9.92. The zero-order valence-electron chi connectivity index (χ0n) is 17.1. The molecule has 180 valence electrons. The third-order valence-corrected chi connectivity index (χ3v) is 7.50. The number of amides is 3. The predicted molar refractivity (Wildman–Crippen MR) is 141 cm³/mol. The van der Waals surface area contributed by atoms with Crippen molar-refractivity contribution in [2.45, 2.75) is 25.1 Å². The van der Waals surface area contributed by atoms with Gasteiger partial charge in [0.1, 0.15) is 6.10 Å². The summed E-state index contributed by atoms with van der Waals surface area (Å²) in [6.45, 7) is -0.791. The van der Waals surface area contributed by atoms with Crippen molar-refractivity contribution in [1.82, 2.24) is 10.6 Å². The van der Waals surface area contributed by atoms with E-state index in [4.69, 9.17) is 0 Å². The Balaban J connectivity index is 3.78. The summed E-state index contributed by atoms with van der Waals surface area (Å²) in [6, 6.07) is -1.89. The predicted octanol–water partition coefficient (Wildman–Crippen LogP) is -0.990. The number of carbonyl (C=O) groups excluding carboxylic acids is 3. The van der Waals surface area contributed by atoms with Crippen LogP contribution in [0.1, 0.15) is 27.6 Å². The fourth-order valence-corrected chi connectivity index (χ4v) is 7.42. The Morgan fingerprint density at radius 3 is 1.44 bits per heavy atom. The summed E-state index contributed by atoms with van der Waals surface area (Å²) in [5, 5.41) is 51.9. The molecule has 32 heavy (non-hydrogen) atoms. The Morgan fingerprint density at radius 2 is 1.16 bits per heavy atom. The molecule has 0 radical (unpaired) electrons. The standard InChI is InChI=1S/C18H24I3N3O8/c1-7(29)18(32)24(2)15-13(20)10(16(30)22-8(3-25)4-26)12(19)11(14(15)21)17(31)23-9(5-27)6-28/h7-9,25-29H,3-6H2,1-2H3,(H,22,30)(H,23,31). The van der Waals surface area contributed by atoms with Crippen molar-refractivity contribution in [3.63, 3.8) is 0 Å². The molecule has 1 aromatic rings. The molecule has 0 heterocycles. The van der Waals surface area contributed by atoms with E-state index in [-0.39, 0.29) is 20.4 Å². The maximum Gasteiger partial charge on any atom is 0.255 e. The number of likely N-dealkylation sites (N-methyl/N-ethyl adjacent to an activating group) is 1. The number of rotatable bonds is 10. The molecule has 0 bridgehead atoms. The summed E-state index contributed by atoms with van der Waals surface area (Å²) < 4.78 is 0.826. The largest absolute Gasteiger partial charge is 0.394 e. The molecule has 0 fully saturated rings. The number of anilines is 1. The SMILES string of the molecule is CC(O)C(=O)N(C)c1c(I)c(C(=O)NC(CO)CO)c(I)c(C(=O)NC(CO)CO)c1I. The number of nitrogens with zero attached hydrogens (tertiary/aromatic N) is 1. The van der Waals surface area contributed by atoms with Crippen LogP contribution in [0.5, 0.6) is 0 Å². The smallest absolute Gasteiger partial charge is 0.255 e. The van der Waals surface area contributed by atoms with Crippen molar-refractivity contribution in [3.05, 3.63) is 21.8 Å². The van der Waals surface area contributed by atoms with Crippen molar-refractivity contribution < 1.29 is 39.9 Å². The van der Waals surface area contributed by atoms with Crippen LogP contribution in [0.25, 0.3) is 0 Å². The number of nitrogens with one attached hydrogen (secondary N) is 2. The van der Waals surface area contributed by atoms with Crippen LogP contribution in [-0.2, 0) is 4.79 Å². The fourth-order valence-electron chi connectivity index (χ4n) is 2.55. The molecule has 0 saturated carbocycles. The first-order valence-corrected chi connectivity index (χ1v) is 12.4. The molecule has 0 aliphatic rings. The monoisotopic (exact) mass is 791 g/mol. The van der Waals surface area contributed by atoms with Gasteiger partial charge in [-0.2, -0.15) is 0 Å². The van der Waals surface area contributed by atoms with Gasteiger partial charge >= 0.3 is 0 Å². The highest BCUT2D eigenvalue weighted by Crippen LogP contribution is 2.38. The van der Waals surface area contributed by atoms with Crippen LogP contribution >= 0.6 is 67.8 Å². The van der Waals surface area contributed by atoms with Gasteiger partial charge in [0.2, 0.25) is 0 Å². The van der Waals surface area contributed by atoms with E-state index >= 15 is 0 Å². The van der Waals surface area contributed by atoms with Crippen LogP contribution in [0.4, 0.5) is 5.69 Å². The lowest BCUT2D eigenvalue weighted by molar-refractivity contribution is -0.125. The Morgan fingerprint density at radius 1 is 0.812 bits per heavy atom. The number of carbonyl (C=O) groups is 3. The van der Waals surface area contributed by atoms with Crippen LogP contribution < -0.4 is 15.5 Å². The van der Waals surface area contributed by atoms with Crippen molar-refractivity contribution in [2.24, 2.45) is 0 Å². The lowest BCUT2D eigenvalue weighted by Crippen LogP contribution is -2.43. The van der Waals surface area contributed by atoms with Crippen molar-refractivity contribution in [2.75, 3.05) is 38.4 Å². The molecule has 3 amide bonds. The fraction of sp³-hybridized carbons (Fsp3) is 0.500. The van der Waals surface area contributed by atoms with Gasteiger partial charge in [0.25, 0.3) is 17.7 Å². The van der Waals surface area contributed by atoms with E-state index in [1.54, 1.807) is 22.6 Å². The minimum atomic E-state index is -1.35. The summed E-state index contributed by atoms with van der Waals surface area (Å²) in [5.74, 6) is -2.07. The number of hydrogen-bond acceptors (Lipinski definition) is 8. The van der Waals surface area contributed by atoms with Crippen LogP contribution in [0.2, 0.25) is 0 Å². The van der Waals surface area contributed by atoms with E-state index in [1.807, 2.05) is 45.2 Å². The van der Waals surface area contributed by atoms with Crippen molar-refractivity contribution in [1.29, 1.82) is 0 Å². The molecule has 1 aromatic carbocycles. The van der Waals surface area contributed by atoms with E-state index in [0.29, 0.717) is 7.14 Å². The second kappa shape index (κ2) is 13.5. The van der Waals surface area contributed by atoms with E-state index in [0.717, 1.165) is 4.90 Å².